The minimum absolute atomic E-state index is 0.0990. The summed E-state index contributed by atoms with van der Waals surface area (Å²) in [5.74, 6) is 0.419. The normalized spacial score (nSPS) is 18.3. The van der Waals surface area contributed by atoms with Gasteiger partial charge in [-0.3, -0.25) is 4.40 Å². The third kappa shape index (κ3) is 5.39. The largest absolute Gasteiger partial charge is 0.367 e. The van der Waals surface area contributed by atoms with Gasteiger partial charge < -0.3 is 10.2 Å². The minimum Gasteiger partial charge on any atom is -0.367 e. The molecule has 2 N–H and O–H groups in total. The number of halogens is 2. The van der Waals surface area contributed by atoms with Gasteiger partial charge in [0.25, 0.3) is 6.43 Å². The summed E-state index contributed by atoms with van der Waals surface area (Å²) in [7, 11) is -1.41. The van der Waals surface area contributed by atoms with Gasteiger partial charge in [0, 0.05) is 37.9 Å². The van der Waals surface area contributed by atoms with Crippen molar-refractivity contribution in [3.63, 3.8) is 0 Å². The van der Waals surface area contributed by atoms with Crippen LogP contribution in [0, 0.1) is 0 Å². The summed E-state index contributed by atoms with van der Waals surface area (Å²) in [5, 5.41) is 10.8. The molecule has 0 radical (unpaired) electrons. The molecule has 1 saturated heterocycles. The highest BCUT2D eigenvalue weighted by Gasteiger charge is 2.39. The second-order valence-corrected chi connectivity index (χ2v) is 10.7. The number of imidazole rings is 1. The highest BCUT2D eigenvalue weighted by Crippen LogP contribution is 2.36. The SMILES string of the molecule is CC1(NS(=O)c2cc(N3CCNCC3)c3cnc(-c4nnc(C(F)F)s4)n3c2)CC1.CCC. The molecule has 0 amide bonds. The van der Waals surface area contributed by atoms with Crippen molar-refractivity contribution < 1.29 is 13.0 Å². The van der Waals surface area contributed by atoms with Gasteiger partial charge in [0.2, 0.25) is 0 Å². The monoisotopic (exact) mass is 497 g/mol. The van der Waals surface area contributed by atoms with Crippen LogP contribution in [0.3, 0.4) is 0 Å². The van der Waals surface area contributed by atoms with E-state index in [0.717, 1.165) is 61.6 Å². The smallest absolute Gasteiger partial charge is 0.291 e. The summed E-state index contributed by atoms with van der Waals surface area (Å²) in [5.41, 5.74) is 1.64. The van der Waals surface area contributed by atoms with E-state index in [1.165, 1.54) is 6.42 Å². The number of nitrogens with one attached hydrogen (secondary N) is 2. The van der Waals surface area contributed by atoms with Crippen molar-refractivity contribution in [2.24, 2.45) is 0 Å². The van der Waals surface area contributed by atoms with Crippen LogP contribution in [0.4, 0.5) is 14.5 Å². The van der Waals surface area contributed by atoms with Crippen molar-refractivity contribution in [1.29, 1.82) is 0 Å². The topological polar surface area (TPSA) is 87.5 Å². The van der Waals surface area contributed by atoms with Crippen molar-refractivity contribution in [1.82, 2.24) is 29.6 Å². The average molecular weight is 498 g/mol. The summed E-state index contributed by atoms with van der Waals surface area (Å²) < 4.78 is 44.0. The third-order valence-electron chi connectivity index (χ3n) is 5.42. The molecule has 0 aromatic carbocycles. The summed E-state index contributed by atoms with van der Waals surface area (Å²) in [6, 6.07) is 1.94. The number of piperazine rings is 1. The van der Waals surface area contributed by atoms with Gasteiger partial charge in [-0.2, -0.15) is 0 Å². The molecule has 180 valence electrons. The maximum Gasteiger partial charge on any atom is 0.291 e. The van der Waals surface area contributed by atoms with Gasteiger partial charge >= 0.3 is 0 Å². The molecule has 2 fully saturated rings. The molecule has 0 bridgehead atoms. The van der Waals surface area contributed by atoms with Crippen molar-refractivity contribution in [2.75, 3.05) is 31.1 Å². The van der Waals surface area contributed by atoms with Crippen LogP contribution >= 0.6 is 11.3 Å². The Morgan fingerprint density at radius 3 is 2.58 bits per heavy atom. The van der Waals surface area contributed by atoms with E-state index in [-0.39, 0.29) is 10.5 Å². The Labute approximate surface area is 198 Å². The fraction of sp³-hybridized carbons (Fsp3) is 0.571. The molecule has 1 unspecified atom stereocenters. The highest BCUT2D eigenvalue weighted by molar-refractivity contribution is 7.83. The van der Waals surface area contributed by atoms with E-state index in [1.54, 1.807) is 16.8 Å². The van der Waals surface area contributed by atoms with Crippen molar-refractivity contribution in [2.45, 2.75) is 56.9 Å². The molecule has 1 saturated carbocycles. The maximum atomic E-state index is 13.1. The zero-order valence-electron chi connectivity index (χ0n) is 19.0. The second-order valence-electron chi connectivity index (χ2n) is 8.52. The second kappa shape index (κ2) is 10.1. The van der Waals surface area contributed by atoms with Gasteiger partial charge in [-0.1, -0.05) is 31.6 Å². The van der Waals surface area contributed by atoms with Crippen molar-refractivity contribution in [3.05, 3.63) is 23.5 Å². The van der Waals surface area contributed by atoms with E-state index in [1.807, 2.05) is 6.07 Å². The Morgan fingerprint density at radius 2 is 1.97 bits per heavy atom. The fourth-order valence-electron chi connectivity index (χ4n) is 3.46. The van der Waals surface area contributed by atoms with Crippen molar-refractivity contribution in [3.8, 4) is 10.8 Å². The number of anilines is 1. The highest BCUT2D eigenvalue weighted by atomic mass is 32.2. The molecule has 1 aliphatic heterocycles. The Balaban J connectivity index is 0.000000821. The van der Waals surface area contributed by atoms with Crippen LogP contribution in [0.1, 0.15) is 51.5 Å². The van der Waals surface area contributed by atoms with Gasteiger partial charge in [0.1, 0.15) is 11.0 Å². The summed E-state index contributed by atoms with van der Waals surface area (Å²) in [6.07, 6.45) is 4.01. The number of aromatic nitrogens is 4. The van der Waals surface area contributed by atoms with Gasteiger partial charge in [-0.15, -0.1) is 10.2 Å². The Bertz CT molecular complexity index is 1120. The molecule has 0 spiro atoms. The first kappa shape index (κ1) is 24.1. The van der Waals surface area contributed by atoms with E-state index in [9.17, 15) is 13.0 Å². The molecular weight excluding hydrogens is 468 g/mol. The summed E-state index contributed by atoms with van der Waals surface area (Å²) >= 11 is 0.819. The molecule has 12 heteroatoms. The third-order valence-corrected chi connectivity index (χ3v) is 7.68. The number of alkyl halides is 2. The zero-order chi connectivity index (χ0) is 23.6. The Morgan fingerprint density at radius 1 is 1.27 bits per heavy atom. The lowest BCUT2D eigenvalue weighted by Gasteiger charge is -2.30. The molecule has 5 rings (SSSR count). The lowest BCUT2D eigenvalue weighted by molar-refractivity contribution is 0.150. The first-order valence-electron chi connectivity index (χ1n) is 11.1. The number of rotatable bonds is 6. The quantitative estimate of drug-likeness (QED) is 0.539. The number of hydrogen-bond donors (Lipinski definition) is 2. The fourth-order valence-corrected chi connectivity index (χ4v) is 5.34. The standard InChI is InChI=1S/C18H21F2N7OS2.C3H8/c1-18(2-3-18)25-30(28)11-8-12(26-6-4-21-5-7-26)13-9-22-15(27(13)10-11)17-24-23-16(29-17)14(19)20;1-3-2/h8-10,14,21,25H,2-7H2,1H3;3H2,1-2H3. The molecule has 2 aliphatic rings. The molecule has 4 heterocycles. The number of fused-ring (bicyclic) bond motifs is 1. The van der Waals surface area contributed by atoms with Gasteiger partial charge in [-0.05, 0) is 25.8 Å². The van der Waals surface area contributed by atoms with E-state index in [0.29, 0.717) is 15.7 Å². The van der Waals surface area contributed by atoms with E-state index in [2.05, 4.69) is 50.9 Å². The first-order chi connectivity index (χ1) is 15.8. The van der Waals surface area contributed by atoms with Crippen LogP contribution in [0.5, 0.6) is 0 Å². The summed E-state index contributed by atoms with van der Waals surface area (Å²) in [4.78, 5) is 7.28. The number of pyridine rings is 1. The van der Waals surface area contributed by atoms with Crippen molar-refractivity contribution >= 4 is 33.5 Å². The number of hydrogen-bond acceptors (Lipinski definition) is 7. The van der Waals surface area contributed by atoms with Gasteiger partial charge in [0.05, 0.1) is 22.3 Å². The van der Waals surface area contributed by atoms with E-state index < -0.39 is 17.4 Å². The van der Waals surface area contributed by atoms with Crippen LogP contribution in [0.2, 0.25) is 0 Å². The molecule has 3 aromatic rings. The minimum atomic E-state index is -2.68. The van der Waals surface area contributed by atoms with Crippen LogP contribution in [-0.2, 0) is 11.0 Å². The Hall–Kier alpha value is -2.02. The van der Waals surface area contributed by atoms with Crippen LogP contribution in [-0.4, -0.2) is 55.5 Å². The van der Waals surface area contributed by atoms with E-state index in [4.69, 9.17) is 0 Å². The molecule has 1 atom stereocenters. The molecule has 3 aromatic heterocycles. The van der Waals surface area contributed by atoms with Crippen LogP contribution in [0.25, 0.3) is 16.3 Å². The summed E-state index contributed by atoms with van der Waals surface area (Å²) in [6.45, 7) is 9.63. The maximum absolute atomic E-state index is 13.1. The van der Waals surface area contributed by atoms with Crippen LogP contribution < -0.4 is 14.9 Å². The molecule has 1 aliphatic carbocycles. The first-order valence-corrected chi connectivity index (χ1v) is 13.1. The Kier molecular flexibility index (Phi) is 7.37. The zero-order valence-corrected chi connectivity index (χ0v) is 20.6. The number of nitrogens with zero attached hydrogens (tertiary/aromatic N) is 5. The lowest BCUT2D eigenvalue weighted by atomic mass is 10.2. The van der Waals surface area contributed by atoms with Gasteiger partial charge in [0.15, 0.2) is 15.8 Å². The molecule has 8 nitrogen and oxygen atoms in total. The molecule has 33 heavy (non-hydrogen) atoms. The van der Waals surface area contributed by atoms with Crippen LogP contribution in [0.15, 0.2) is 23.4 Å². The predicted octanol–water partition coefficient (Wildman–Crippen LogP) is 3.78. The van der Waals surface area contributed by atoms with E-state index >= 15 is 0 Å². The average Bonchev–Trinajstić information content (AvgIpc) is 3.19. The lowest BCUT2D eigenvalue weighted by Crippen LogP contribution is -2.43. The predicted molar refractivity (Wildman–Crippen MR) is 127 cm³/mol. The van der Waals surface area contributed by atoms with Gasteiger partial charge in [-0.25, -0.2) is 22.7 Å². The molecular formula is C21H29F2N7OS2.